The fourth-order valence-corrected chi connectivity index (χ4v) is 2.72. The van der Waals surface area contributed by atoms with Crippen molar-refractivity contribution in [1.29, 1.82) is 0 Å². The molecule has 0 aliphatic heterocycles. The van der Waals surface area contributed by atoms with Crippen LogP contribution in [0.1, 0.15) is 22.3 Å². The number of hydrogen-bond donors (Lipinski definition) is 1. The predicted octanol–water partition coefficient (Wildman–Crippen LogP) is 4.28. The summed E-state index contributed by atoms with van der Waals surface area (Å²) in [6.07, 6.45) is 0. The van der Waals surface area contributed by atoms with Crippen LogP contribution in [0.2, 0.25) is 0 Å². The van der Waals surface area contributed by atoms with Gasteiger partial charge in [0.2, 0.25) is 0 Å². The highest BCUT2D eigenvalue weighted by Gasteiger charge is 2.07. The number of halogens is 2. The van der Waals surface area contributed by atoms with Gasteiger partial charge in [0.15, 0.2) is 0 Å². The number of aryl methyl sites for hydroxylation is 2. The molecule has 0 aromatic heterocycles. The van der Waals surface area contributed by atoms with Gasteiger partial charge in [-0.2, -0.15) is 0 Å². The molecule has 0 saturated heterocycles. The number of aliphatic hydroxyl groups excluding tert-OH is 1. The van der Waals surface area contributed by atoms with Crippen LogP contribution in [0.5, 0.6) is 5.75 Å². The molecule has 106 valence electrons. The molecule has 2 rings (SSSR count). The maximum atomic E-state index is 13.3. The Morgan fingerprint density at radius 1 is 1.05 bits per heavy atom. The fraction of sp³-hybridized carbons (Fsp3) is 0.250. The van der Waals surface area contributed by atoms with Crippen LogP contribution in [0.4, 0.5) is 4.39 Å². The maximum Gasteiger partial charge on any atom is 0.125 e. The second-order valence-corrected chi connectivity index (χ2v) is 5.70. The van der Waals surface area contributed by atoms with E-state index in [0.29, 0.717) is 11.1 Å². The van der Waals surface area contributed by atoms with Gasteiger partial charge in [-0.05, 0) is 54.3 Å². The van der Waals surface area contributed by atoms with Crippen molar-refractivity contribution in [3.05, 3.63) is 62.9 Å². The van der Waals surface area contributed by atoms with Gasteiger partial charge in [0.25, 0.3) is 0 Å². The number of aliphatic hydroxyl groups is 1. The summed E-state index contributed by atoms with van der Waals surface area (Å²) in [6.45, 7) is 4.18. The molecule has 0 radical (unpaired) electrons. The fourth-order valence-electron chi connectivity index (χ4n) is 2.21. The van der Waals surface area contributed by atoms with E-state index in [-0.39, 0.29) is 12.4 Å². The average molecular weight is 339 g/mol. The maximum absolute atomic E-state index is 13.3. The Labute approximate surface area is 126 Å². The van der Waals surface area contributed by atoms with E-state index >= 15 is 0 Å². The third-order valence-electron chi connectivity index (χ3n) is 3.01. The number of ether oxygens (including phenoxy) is 1. The second kappa shape index (κ2) is 6.37. The first-order valence-corrected chi connectivity index (χ1v) is 7.07. The quantitative estimate of drug-likeness (QED) is 0.901. The van der Waals surface area contributed by atoms with Gasteiger partial charge in [-0.25, -0.2) is 4.39 Å². The number of benzene rings is 2. The van der Waals surface area contributed by atoms with E-state index in [1.807, 2.05) is 32.0 Å². The van der Waals surface area contributed by atoms with Gasteiger partial charge in [0, 0.05) is 4.47 Å². The molecule has 0 saturated carbocycles. The molecule has 2 nitrogen and oxygen atoms in total. The molecule has 0 aliphatic rings. The summed E-state index contributed by atoms with van der Waals surface area (Å²) in [4.78, 5) is 0. The van der Waals surface area contributed by atoms with Crippen molar-refractivity contribution in [2.24, 2.45) is 0 Å². The summed E-state index contributed by atoms with van der Waals surface area (Å²) in [7, 11) is 0. The molecule has 20 heavy (non-hydrogen) atoms. The summed E-state index contributed by atoms with van der Waals surface area (Å²) in [5.74, 6) is 0.490. The van der Waals surface area contributed by atoms with Crippen LogP contribution >= 0.6 is 15.9 Å². The highest BCUT2D eigenvalue weighted by atomic mass is 79.9. The molecule has 0 atom stereocenters. The van der Waals surface area contributed by atoms with Gasteiger partial charge in [-0.1, -0.05) is 28.1 Å². The molecule has 4 heteroatoms. The van der Waals surface area contributed by atoms with Gasteiger partial charge in [0.1, 0.15) is 18.2 Å². The molecule has 0 aliphatic carbocycles. The highest BCUT2D eigenvalue weighted by Crippen LogP contribution is 2.26. The Morgan fingerprint density at radius 2 is 1.70 bits per heavy atom. The van der Waals surface area contributed by atoms with E-state index in [2.05, 4.69) is 15.9 Å². The van der Waals surface area contributed by atoms with Crippen LogP contribution in [-0.2, 0) is 13.2 Å². The highest BCUT2D eigenvalue weighted by molar-refractivity contribution is 9.10. The number of hydrogen-bond acceptors (Lipinski definition) is 2. The van der Waals surface area contributed by atoms with Crippen molar-refractivity contribution in [1.82, 2.24) is 0 Å². The zero-order chi connectivity index (χ0) is 14.7. The van der Waals surface area contributed by atoms with E-state index in [1.54, 1.807) is 0 Å². The summed E-state index contributed by atoms with van der Waals surface area (Å²) in [6, 6.07) is 8.48. The van der Waals surface area contributed by atoms with Crippen molar-refractivity contribution in [2.45, 2.75) is 27.1 Å². The molecule has 0 heterocycles. The van der Waals surface area contributed by atoms with Crippen LogP contribution in [-0.4, -0.2) is 5.11 Å². The topological polar surface area (TPSA) is 29.5 Å². The third kappa shape index (κ3) is 3.58. The Hall–Kier alpha value is -1.39. The van der Waals surface area contributed by atoms with Crippen LogP contribution in [0.25, 0.3) is 0 Å². The number of rotatable bonds is 4. The first-order valence-electron chi connectivity index (χ1n) is 6.28. The van der Waals surface area contributed by atoms with E-state index in [0.717, 1.165) is 28.0 Å². The lowest BCUT2D eigenvalue weighted by atomic mass is 10.1. The van der Waals surface area contributed by atoms with Crippen molar-refractivity contribution in [3.8, 4) is 5.75 Å². The zero-order valence-corrected chi connectivity index (χ0v) is 13.0. The molecule has 0 bridgehead atoms. The van der Waals surface area contributed by atoms with Crippen LogP contribution in [0.3, 0.4) is 0 Å². The zero-order valence-electron chi connectivity index (χ0n) is 11.4. The predicted molar refractivity (Wildman–Crippen MR) is 80.3 cm³/mol. The third-order valence-corrected chi connectivity index (χ3v) is 3.47. The van der Waals surface area contributed by atoms with Gasteiger partial charge in [-0.15, -0.1) is 0 Å². The molecular weight excluding hydrogens is 323 g/mol. The van der Waals surface area contributed by atoms with E-state index < -0.39 is 0 Å². The lowest BCUT2D eigenvalue weighted by molar-refractivity contribution is 0.280. The molecule has 0 fully saturated rings. The normalized spacial score (nSPS) is 10.7. The smallest absolute Gasteiger partial charge is 0.125 e. The Morgan fingerprint density at radius 3 is 2.25 bits per heavy atom. The van der Waals surface area contributed by atoms with Gasteiger partial charge >= 0.3 is 0 Å². The standard InChI is InChI=1S/C16H16BrFO2/c1-10-3-12(8-19)4-11(2)16(10)20-9-13-5-14(17)7-15(18)6-13/h3-7,19H,8-9H2,1-2H3. The van der Waals surface area contributed by atoms with E-state index in [4.69, 9.17) is 9.84 Å². The SMILES string of the molecule is Cc1cc(CO)cc(C)c1OCc1cc(F)cc(Br)c1. The van der Waals surface area contributed by atoms with Crippen molar-refractivity contribution < 1.29 is 14.2 Å². The van der Waals surface area contributed by atoms with Gasteiger partial charge < -0.3 is 9.84 Å². The average Bonchev–Trinajstić information content (AvgIpc) is 2.36. The molecular formula is C16H16BrFO2. The van der Waals surface area contributed by atoms with Crippen molar-refractivity contribution >= 4 is 15.9 Å². The van der Waals surface area contributed by atoms with E-state index in [1.165, 1.54) is 12.1 Å². The van der Waals surface area contributed by atoms with Gasteiger partial charge in [-0.3, -0.25) is 0 Å². The van der Waals surface area contributed by atoms with Crippen LogP contribution in [0, 0.1) is 19.7 Å². The molecule has 2 aromatic carbocycles. The minimum atomic E-state index is -0.290. The molecule has 1 N–H and O–H groups in total. The molecule has 0 unspecified atom stereocenters. The monoisotopic (exact) mass is 338 g/mol. The minimum absolute atomic E-state index is 0.0127. The van der Waals surface area contributed by atoms with Crippen molar-refractivity contribution in [2.75, 3.05) is 0 Å². The summed E-state index contributed by atoms with van der Waals surface area (Å²) in [5.41, 5.74) is 3.55. The summed E-state index contributed by atoms with van der Waals surface area (Å²) >= 11 is 3.26. The minimum Gasteiger partial charge on any atom is -0.488 e. The van der Waals surface area contributed by atoms with Crippen LogP contribution in [0.15, 0.2) is 34.8 Å². The Balaban J connectivity index is 2.18. The molecule has 2 aromatic rings. The first-order chi connectivity index (χ1) is 9.49. The first kappa shape index (κ1) is 15.0. The Bertz CT molecular complexity index is 583. The van der Waals surface area contributed by atoms with Crippen LogP contribution < -0.4 is 4.74 Å². The Kier molecular flexibility index (Phi) is 4.78. The lowest BCUT2D eigenvalue weighted by Crippen LogP contribution is -2.00. The largest absolute Gasteiger partial charge is 0.488 e. The van der Waals surface area contributed by atoms with Gasteiger partial charge in [0.05, 0.1) is 6.61 Å². The van der Waals surface area contributed by atoms with E-state index in [9.17, 15) is 4.39 Å². The summed E-state index contributed by atoms with van der Waals surface area (Å²) < 4.78 is 19.8. The lowest BCUT2D eigenvalue weighted by Gasteiger charge is -2.14. The molecule has 0 spiro atoms. The molecule has 0 amide bonds. The second-order valence-electron chi connectivity index (χ2n) is 4.78. The summed E-state index contributed by atoms with van der Waals surface area (Å²) in [5, 5.41) is 9.16. The van der Waals surface area contributed by atoms with Crippen molar-refractivity contribution in [3.63, 3.8) is 0 Å².